The van der Waals surface area contributed by atoms with Gasteiger partial charge in [-0.1, -0.05) is 36.5 Å². The highest BCUT2D eigenvalue weighted by Gasteiger charge is 2.33. The third-order valence-electron chi connectivity index (χ3n) is 5.95. The number of hydrogen-bond acceptors (Lipinski definition) is 6. The number of nitrogens with zero attached hydrogens (tertiary/aromatic N) is 2. The van der Waals surface area contributed by atoms with E-state index in [2.05, 4.69) is 9.68 Å². The van der Waals surface area contributed by atoms with Crippen molar-refractivity contribution >= 4 is 44.8 Å². The van der Waals surface area contributed by atoms with E-state index in [0.29, 0.717) is 47.9 Å². The smallest absolute Gasteiger partial charge is 0.442 e. The Bertz CT molecular complexity index is 1230. The zero-order valence-corrected chi connectivity index (χ0v) is 20.8. The fourth-order valence-corrected chi connectivity index (χ4v) is 6.24. The highest BCUT2D eigenvalue weighted by Crippen LogP contribution is 2.34. The molecule has 4 rings (SSSR count). The van der Waals surface area contributed by atoms with Crippen LogP contribution in [0.5, 0.6) is 5.75 Å². The molecule has 0 aromatic heterocycles. The first-order chi connectivity index (χ1) is 16.7. The molecule has 1 atom stereocenters. The van der Waals surface area contributed by atoms with Gasteiger partial charge in [0.15, 0.2) is 0 Å². The van der Waals surface area contributed by atoms with E-state index in [4.69, 9.17) is 21.7 Å². The van der Waals surface area contributed by atoms with Crippen LogP contribution in [0.1, 0.15) is 31.2 Å². The van der Waals surface area contributed by atoms with Crippen molar-refractivity contribution in [3.63, 3.8) is 0 Å². The predicted octanol–water partition coefficient (Wildman–Crippen LogP) is 4.63. The summed E-state index contributed by atoms with van der Waals surface area (Å²) < 4.78 is 42.3. The molecule has 0 saturated carbocycles. The zero-order valence-electron chi connectivity index (χ0n) is 19.1. The van der Waals surface area contributed by atoms with Crippen molar-refractivity contribution in [2.75, 3.05) is 29.5 Å². The molecular formula is C24H26FN3O5S2. The number of cyclic esters (lactones) is 1. The maximum atomic E-state index is 15.0. The Morgan fingerprint density at radius 3 is 2.63 bits per heavy atom. The highest BCUT2D eigenvalue weighted by molar-refractivity contribution is 7.93. The van der Waals surface area contributed by atoms with Crippen molar-refractivity contribution in [1.82, 2.24) is 5.32 Å². The molecular weight excluding hydrogens is 493 g/mol. The van der Waals surface area contributed by atoms with Gasteiger partial charge in [-0.3, -0.25) is 4.90 Å². The molecule has 2 aliphatic heterocycles. The number of para-hydroxylation sites is 1. The molecule has 2 aliphatic rings. The summed E-state index contributed by atoms with van der Waals surface area (Å²) in [6, 6.07) is 13.1. The summed E-state index contributed by atoms with van der Waals surface area (Å²) in [7, 11) is -2.77. The SMILES string of the molecule is CC(=S)NC[C@H]1CN(c2ccc(C3CCS(=O)(=NC(=O)Oc4ccccc4)CC3)c(F)c2)C(=O)O1. The van der Waals surface area contributed by atoms with Crippen LogP contribution in [-0.4, -0.2) is 52.1 Å². The Kier molecular flexibility index (Phi) is 7.66. The van der Waals surface area contributed by atoms with Gasteiger partial charge in [0.05, 0.1) is 33.5 Å². The molecule has 0 bridgehead atoms. The monoisotopic (exact) mass is 519 g/mol. The average Bonchev–Trinajstić information content (AvgIpc) is 3.19. The molecule has 8 nitrogen and oxygen atoms in total. The fourth-order valence-electron chi connectivity index (χ4n) is 4.16. The Labute approximate surface area is 209 Å². The molecule has 186 valence electrons. The average molecular weight is 520 g/mol. The molecule has 11 heteroatoms. The molecule has 0 radical (unpaired) electrons. The molecule has 2 aromatic carbocycles. The highest BCUT2D eigenvalue weighted by atomic mass is 32.2. The molecule has 0 aliphatic carbocycles. The molecule has 1 N–H and O–H groups in total. The minimum Gasteiger partial charge on any atom is -0.442 e. The van der Waals surface area contributed by atoms with E-state index >= 15 is 4.39 Å². The molecule has 2 aromatic rings. The Balaban J connectivity index is 1.38. The Morgan fingerprint density at radius 1 is 1.26 bits per heavy atom. The Hall–Kier alpha value is -3.05. The quantitative estimate of drug-likeness (QED) is 0.575. The second kappa shape index (κ2) is 10.7. The first-order valence-corrected chi connectivity index (χ1v) is 13.5. The molecule has 2 fully saturated rings. The van der Waals surface area contributed by atoms with E-state index < -0.39 is 27.7 Å². The van der Waals surface area contributed by atoms with E-state index in [0.717, 1.165) is 0 Å². The van der Waals surface area contributed by atoms with Crippen LogP contribution in [0.2, 0.25) is 0 Å². The van der Waals surface area contributed by atoms with Gasteiger partial charge in [0.25, 0.3) is 0 Å². The largest absolute Gasteiger partial charge is 0.447 e. The number of ether oxygens (including phenoxy) is 2. The van der Waals surface area contributed by atoms with E-state index in [1.165, 1.54) is 11.0 Å². The number of thiocarbonyl (C=S) groups is 1. The normalized spacial score (nSPS) is 23.9. The van der Waals surface area contributed by atoms with Gasteiger partial charge in [0.1, 0.15) is 17.7 Å². The summed E-state index contributed by atoms with van der Waals surface area (Å²) in [5, 5.41) is 2.97. The molecule has 2 saturated heterocycles. The third-order valence-corrected chi connectivity index (χ3v) is 8.32. The van der Waals surface area contributed by atoms with Gasteiger partial charge in [-0.2, -0.15) is 0 Å². The van der Waals surface area contributed by atoms with Crippen LogP contribution in [0.15, 0.2) is 52.9 Å². The first kappa shape index (κ1) is 25.1. The second-order valence-corrected chi connectivity index (χ2v) is 11.6. The molecule has 2 heterocycles. The summed E-state index contributed by atoms with van der Waals surface area (Å²) in [6.45, 7) is 2.43. The first-order valence-electron chi connectivity index (χ1n) is 11.2. The van der Waals surface area contributed by atoms with E-state index in [9.17, 15) is 13.8 Å². The van der Waals surface area contributed by atoms with Gasteiger partial charge in [-0.15, -0.1) is 4.36 Å². The van der Waals surface area contributed by atoms with Crippen molar-refractivity contribution in [1.29, 1.82) is 0 Å². The topological polar surface area (TPSA) is 97.3 Å². The number of anilines is 1. The predicted molar refractivity (Wildman–Crippen MR) is 135 cm³/mol. The lowest BCUT2D eigenvalue weighted by atomic mass is 9.93. The van der Waals surface area contributed by atoms with Crippen molar-refractivity contribution < 1.29 is 27.7 Å². The molecule has 0 unspecified atom stereocenters. The van der Waals surface area contributed by atoms with Crippen LogP contribution >= 0.6 is 12.2 Å². The van der Waals surface area contributed by atoms with Crippen LogP contribution in [0, 0.1) is 5.82 Å². The van der Waals surface area contributed by atoms with E-state index in [-0.39, 0.29) is 23.5 Å². The van der Waals surface area contributed by atoms with Gasteiger partial charge in [-0.05, 0) is 55.5 Å². The van der Waals surface area contributed by atoms with Crippen molar-refractivity contribution in [2.24, 2.45) is 4.36 Å². The lowest BCUT2D eigenvalue weighted by Crippen LogP contribution is -2.32. The van der Waals surface area contributed by atoms with Crippen LogP contribution in [-0.2, 0) is 14.5 Å². The van der Waals surface area contributed by atoms with Gasteiger partial charge >= 0.3 is 12.2 Å². The summed E-state index contributed by atoms with van der Waals surface area (Å²) in [5.41, 5.74) is 0.903. The number of hydrogen-bond donors (Lipinski definition) is 1. The summed E-state index contributed by atoms with van der Waals surface area (Å²) in [4.78, 5) is 26.3. The third kappa shape index (κ3) is 6.34. The summed E-state index contributed by atoms with van der Waals surface area (Å²) in [6.07, 6.45) is -0.956. The Morgan fingerprint density at radius 2 is 1.97 bits per heavy atom. The minimum atomic E-state index is -2.77. The van der Waals surface area contributed by atoms with Crippen molar-refractivity contribution in [3.8, 4) is 5.75 Å². The number of amides is 2. The maximum Gasteiger partial charge on any atom is 0.447 e. The van der Waals surface area contributed by atoms with Gasteiger partial charge in [-0.25, -0.2) is 18.2 Å². The molecule has 2 amide bonds. The zero-order chi connectivity index (χ0) is 25.0. The summed E-state index contributed by atoms with van der Waals surface area (Å²) in [5.74, 6) is 0.0838. The number of carbonyl (C=O) groups is 2. The lowest BCUT2D eigenvalue weighted by molar-refractivity contribution is 0.143. The van der Waals surface area contributed by atoms with Crippen molar-refractivity contribution in [2.45, 2.75) is 31.8 Å². The van der Waals surface area contributed by atoms with Crippen LogP contribution in [0.4, 0.5) is 19.7 Å². The minimum absolute atomic E-state index is 0.160. The lowest BCUT2D eigenvalue weighted by Gasteiger charge is -2.25. The number of nitrogens with one attached hydrogen (secondary N) is 1. The van der Waals surface area contributed by atoms with Gasteiger partial charge in [0.2, 0.25) is 0 Å². The van der Waals surface area contributed by atoms with E-state index in [1.807, 2.05) is 0 Å². The molecule has 35 heavy (non-hydrogen) atoms. The van der Waals surface area contributed by atoms with Gasteiger partial charge < -0.3 is 14.8 Å². The second-order valence-electron chi connectivity index (χ2n) is 8.49. The van der Waals surface area contributed by atoms with E-state index in [1.54, 1.807) is 49.4 Å². The fraction of sp³-hybridized carbons (Fsp3) is 0.375. The standard InChI is InChI=1S/C24H26FN3O5S2/c1-16(34)26-14-20-15-28(24(30)33-20)18-7-8-21(22(25)13-18)17-9-11-35(31,12-10-17)27-23(29)32-19-5-3-2-4-6-19/h2-8,13,17,20H,9-12,14-15H2,1H3,(H,26,34)/t17?,20-,35?/m0/s1. The number of benzene rings is 2. The number of carbonyl (C=O) groups excluding carboxylic acids is 2. The van der Waals surface area contributed by atoms with Gasteiger partial charge in [0, 0.05) is 11.5 Å². The van der Waals surface area contributed by atoms with Crippen LogP contribution < -0.4 is 15.0 Å². The number of halogens is 1. The molecule has 0 spiro atoms. The summed E-state index contributed by atoms with van der Waals surface area (Å²) >= 11 is 4.98. The van der Waals surface area contributed by atoms with Crippen LogP contribution in [0.25, 0.3) is 0 Å². The number of rotatable bonds is 5. The van der Waals surface area contributed by atoms with Crippen LogP contribution in [0.3, 0.4) is 0 Å². The van der Waals surface area contributed by atoms with Crippen molar-refractivity contribution in [3.05, 3.63) is 59.9 Å². The maximum absolute atomic E-state index is 15.0.